The molecular weight excluding hydrogens is 178 g/mol. The fraction of sp³-hybridized carbons (Fsp3) is 0.364. The van der Waals surface area contributed by atoms with Crippen LogP contribution in [0.2, 0.25) is 0 Å². The molecule has 2 rings (SSSR count). The Bertz CT molecular complexity index is 385. The molecule has 0 bridgehead atoms. The van der Waals surface area contributed by atoms with Gasteiger partial charge in [0.1, 0.15) is 5.75 Å². The molecule has 0 saturated heterocycles. The molecule has 1 amide bonds. The van der Waals surface area contributed by atoms with Gasteiger partial charge in [0.25, 0.3) is 5.91 Å². The summed E-state index contributed by atoms with van der Waals surface area (Å²) in [5, 5.41) is 12.4. The predicted octanol–water partition coefficient (Wildman–Crippen LogP) is 1.83. The Hall–Kier alpha value is -1.51. The van der Waals surface area contributed by atoms with Crippen LogP contribution in [-0.4, -0.2) is 11.0 Å². The van der Waals surface area contributed by atoms with Gasteiger partial charge in [-0.15, -0.1) is 0 Å². The first-order valence-corrected chi connectivity index (χ1v) is 4.74. The van der Waals surface area contributed by atoms with Crippen LogP contribution in [0.1, 0.15) is 35.8 Å². The van der Waals surface area contributed by atoms with E-state index in [2.05, 4.69) is 5.32 Å². The average Bonchev–Trinajstić information content (AvgIpc) is 2.45. The molecule has 3 heteroatoms. The molecule has 0 saturated carbocycles. The van der Waals surface area contributed by atoms with Crippen LogP contribution < -0.4 is 5.32 Å². The summed E-state index contributed by atoms with van der Waals surface area (Å²) < 4.78 is 0. The van der Waals surface area contributed by atoms with Gasteiger partial charge in [-0.25, -0.2) is 0 Å². The third kappa shape index (κ3) is 1.16. The van der Waals surface area contributed by atoms with Crippen molar-refractivity contribution in [1.29, 1.82) is 0 Å². The van der Waals surface area contributed by atoms with E-state index < -0.39 is 0 Å². The van der Waals surface area contributed by atoms with Crippen LogP contribution in [0.15, 0.2) is 18.2 Å². The lowest BCUT2D eigenvalue weighted by molar-refractivity contribution is 0.0947. The highest BCUT2D eigenvalue weighted by molar-refractivity contribution is 6.01. The largest absolute Gasteiger partial charge is 0.507 e. The number of nitrogens with one attached hydrogen (secondary N) is 1. The number of phenols is 1. The van der Waals surface area contributed by atoms with Crippen molar-refractivity contribution >= 4 is 5.91 Å². The number of fused-ring (bicyclic) bond motifs is 1. The molecule has 14 heavy (non-hydrogen) atoms. The number of benzene rings is 1. The summed E-state index contributed by atoms with van der Waals surface area (Å²) in [6.45, 7) is 4.09. The van der Waals surface area contributed by atoms with E-state index in [1.807, 2.05) is 19.9 Å². The van der Waals surface area contributed by atoms with Crippen molar-refractivity contribution in [1.82, 2.24) is 5.32 Å². The predicted molar refractivity (Wildman–Crippen MR) is 53.2 cm³/mol. The molecule has 1 unspecified atom stereocenters. The van der Waals surface area contributed by atoms with Gasteiger partial charge in [-0.2, -0.15) is 0 Å². The zero-order valence-electron chi connectivity index (χ0n) is 8.24. The second kappa shape index (κ2) is 3.01. The minimum atomic E-state index is -0.170. The van der Waals surface area contributed by atoms with Crippen LogP contribution in [0.5, 0.6) is 5.75 Å². The van der Waals surface area contributed by atoms with Crippen LogP contribution in [-0.2, 0) is 0 Å². The number of rotatable bonds is 1. The van der Waals surface area contributed by atoms with Crippen LogP contribution in [0.3, 0.4) is 0 Å². The highest BCUT2D eigenvalue weighted by Crippen LogP contribution is 2.35. The SMILES string of the molecule is CC(C)C1NC(=O)c2c(O)cccc21. The third-order valence-corrected chi connectivity index (χ3v) is 2.59. The van der Waals surface area contributed by atoms with Gasteiger partial charge in [-0.3, -0.25) is 4.79 Å². The summed E-state index contributed by atoms with van der Waals surface area (Å²) in [5.41, 5.74) is 1.34. The Morgan fingerprint density at radius 2 is 2.14 bits per heavy atom. The van der Waals surface area contributed by atoms with Gasteiger partial charge in [-0.1, -0.05) is 26.0 Å². The molecule has 0 radical (unpaired) electrons. The van der Waals surface area contributed by atoms with Crippen molar-refractivity contribution in [3.05, 3.63) is 29.3 Å². The lowest BCUT2D eigenvalue weighted by atomic mass is 9.96. The topological polar surface area (TPSA) is 49.3 Å². The summed E-state index contributed by atoms with van der Waals surface area (Å²) in [5.74, 6) is 0.238. The molecule has 74 valence electrons. The monoisotopic (exact) mass is 191 g/mol. The van der Waals surface area contributed by atoms with Crippen LogP contribution in [0, 0.1) is 5.92 Å². The maximum atomic E-state index is 11.5. The Balaban J connectivity index is 2.55. The van der Waals surface area contributed by atoms with Crippen LogP contribution >= 0.6 is 0 Å². The molecule has 1 aromatic carbocycles. The first-order chi connectivity index (χ1) is 6.61. The van der Waals surface area contributed by atoms with E-state index in [0.717, 1.165) is 5.56 Å². The highest BCUT2D eigenvalue weighted by atomic mass is 16.3. The summed E-state index contributed by atoms with van der Waals surface area (Å²) >= 11 is 0. The van der Waals surface area contributed by atoms with Gasteiger partial charge in [0, 0.05) is 0 Å². The van der Waals surface area contributed by atoms with Crippen LogP contribution in [0.25, 0.3) is 0 Å². The Kier molecular flexibility index (Phi) is 1.95. The van der Waals surface area contributed by atoms with E-state index in [0.29, 0.717) is 11.5 Å². The summed E-state index contributed by atoms with van der Waals surface area (Å²) in [4.78, 5) is 11.5. The lowest BCUT2D eigenvalue weighted by Crippen LogP contribution is -2.22. The Labute approximate surface area is 82.8 Å². The quantitative estimate of drug-likeness (QED) is 0.711. The van der Waals surface area contributed by atoms with Crippen molar-refractivity contribution < 1.29 is 9.90 Å². The molecule has 0 spiro atoms. The van der Waals surface area contributed by atoms with Crippen molar-refractivity contribution in [2.24, 2.45) is 5.92 Å². The number of phenolic OH excluding ortho intramolecular Hbond substituents is 1. The van der Waals surface area contributed by atoms with Crippen molar-refractivity contribution in [3.63, 3.8) is 0 Å². The molecule has 0 aliphatic carbocycles. The summed E-state index contributed by atoms with van der Waals surface area (Å²) in [6, 6.07) is 5.23. The third-order valence-electron chi connectivity index (χ3n) is 2.59. The van der Waals surface area contributed by atoms with Gasteiger partial charge in [-0.05, 0) is 17.5 Å². The zero-order valence-corrected chi connectivity index (χ0v) is 8.24. The molecule has 1 aliphatic rings. The number of hydrogen-bond donors (Lipinski definition) is 2. The highest BCUT2D eigenvalue weighted by Gasteiger charge is 2.32. The molecule has 3 nitrogen and oxygen atoms in total. The van der Waals surface area contributed by atoms with Crippen molar-refractivity contribution in [2.45, 2.75) is 19.9 Å². The second-order valence-corrected chi connectivity index (χ2v) is 3.94. The minimum absolute atomic E-state index is 0.0320. The van der Waals surface area contributed by atoms with E-state index in [1.165, 1.54) is 0 Å². The van der Waals surface area contributed by atoms with E-state index in [1.54, 1.807) is 12.1 Å². The molecule has 1 atom stereocenters. The molecule has 0 aromatic heterocycles. The van der Waals surface area contributed by atoms with E-state index >= 15 is 0 Å². The van der Waals surface area contributed by atoms with E-state index in [4.69, 9.17) is 0 Å². The normalized spacial score (nSPS) is 19.6. The molecular formula is C11H13NO2. The Morgan fingerprint density at radius 3 is 2.79 bits per heavy atom. The average molecular weight is 191 g/mol. The van der Waals surface area contributed by atoms with Crippen LogP contribution in [0.4, 0.5) is 0 Å². The van der Waals surface area contributed by atoms with E-state index in [-0.39, 0.29) is 17.7 Å². The first kappa shape index (κ1) is 9.06. The Morgan fingerprint density at radius 1 is 1.43 bits per heavy atom. The molecule has 0 fully saturated rings. The minimum Gasteiger partial charge on any atom is -0.507 e. The number of aromatic hydroxyl groups is 1. The number of amides is 1. The van der Waals surface area contributed by atoms with Gasteiger partial charge in [0.2, 0.25) is 0 Å². The van der Waals surface area contributed by atoms with Gasteiger partial charge >= 0.3 is 0 Å². The summed E-state index contributed by atoms with van der Waals surface area (Å²) in [7, 11) is 0. The number of carbonyl (C=O) groups is 1. The number of hydrogen-bond acceptors (Lipinski definition) is 2. The first-order valence-electron chi connectivity index (χ1n) is 4.74. The smallest absolute Gasteiger partial charge is 0.255 e. The standard InChI is InChI=1S/C11H13NO2/c1-6(2)10-7-4-3-5-8(13)9(7)11(14)12-10/h3-6,10,13H,1-2H3,(H,12,14). The maximum absolute atomic E-state index is 11.5. The lowest BCUT2D eigenvalue weighted by Gasteiger charge is -2.15. The summed E-state index contributed by atoms with van der Waals surface area (Å²) in [6.07, 6.45) is 0. The molecule has 1 aromatic rings. The van der Waals surface area contributed by atoms with Gasteiger partial charge < -0.3 is 10.4 Å². The molecule has 1 heterocycles. The molecule has 2 N–H and O–H groups in total. The van der Waals surface area contributed by atoms with Gasteiger partial charge in [0.05, 0.1) is 11.6 Å². The van der Waals surface area contributed by atoms with Crippen molar-refractivity contribution in [2.75, 3.05) is 0 Å². The fourth-order valence-corrected chi connectivity index (χ4v) is 1.88. The zero-order chi connectivity index (χ0) is 10.3. The van der Waals surface area contributed by atoms with E-state index in [9.17, 15) is 9.90 Å². The maximum Gasteiger partial charge on any atom is 0.255 e. The van der Waals surface area contributed by atoms with Crippen molar-refractivity contribution in [3.8, 4) is 5.75 Å². The molecule has 1 aliphatic heterocycles. The number of carbonyl (C=O) groups excluding carboxylic acids is 1. The second-order valence-electron chi connectivity index (χ2n) is 3.94. The fourth-order valence-electron chi connectivity index (χ4n) is 1.88. The van der Waals surface area contributed by atoms with Gasteiger partial charge in [0.15, 0.2) is 0 Å².